The van der Waals surface area contributed by atoms with Crippen LogP contribution in [0.1, 0.15) is 0 Å². The van der Waals surface area contributed by atoms with Crippen molar-refractivity contribution in [3.8, 4) is 101 Å². The molecule has 4 aromatic heterocycles. The molecule has 0 atom stereocenters. The minimum atomic E-state index is 0.527. The van der Waals surface area contributed by atoms with Crippen LogP contribution < -0.4 is 0 Å². The van der Waals surface area contributed by atoms with Gasteiger partial charge in [0.05, 0.1) is 17.0 Å². The summed E-state index contributed by atoms with van der Waals surface area (Å²) < 4.78 is 13.2. The first-order valence-corrected chi connectivity index (χ1v) is 24.6. The fourth-order valence-corrected chi connectivity index (χ4v) is 10.1. The monoisotopic (exact) mass is 947 g/mol. The number of aromatic nitrogens is 5. The van der Waals surface area contributed by atoms with Gasteiger partial charge >= 0.3 is 0 Å². The minimum Gasteiger partial charge on any atom is -0.455 e. The van der Waals surface area contributed by atoms with E-state index in [1.165, 1.54) is 0 Å². The first kappa shape index (κ1) is 42.7. The quantitative estimate of drug-likeness (QED) is 0.142. The maximum absolute atomic E-state index is 6.83. The molecule has 0 spiro atoms. The molecule has 0 bridgehead atoms. The highest BCUT2D eigenvalue weighted by Crippen LogP contribution is 2.41. The highest BCUT2D eigenvalue weighted by Gasteiger charge is 2.21. The lowest BCUT2D eigenvalue weighted by Crippen LogP contribution is -2.00. The van der Waals surface area contributed by atoms with Crippen LogP contribution in [0.15, 0.2) is 258 Å². The zero-order chi connectivity index (χ0) is 49.0. The smallest absolute Gasteiger partial charge is 0.167 e. The molecule has 74 heavy (non-hydrogen) atoms. The summed E-state index contributed by atoms with van der Waals surface area (Å²) in [6.07, 6.45) is 0. The average molecular weight is 948 g/mol. The van der Waals surface area contributed by atoms with Crippen molar-refractivity contribution >= 4 is 43.9 Å². The molecule has 14 rings (SSSR count). The largest absolute Gasteiger partial charge is 0.455 e. The number of hydrogen-bond acceptors (Lipinski definition) is 7. The molecule has 7 nitrogen and oxygen atoms in total. The second kappa shape index (κ2) is 17.9. The normalized spacial score (nSPS) is 11.5. The van der Waals surface area contributed by atoms with E-state index in [0.717, 1.165) is 122 Å². The van der Waals surface area contributed by atoms with Crippen LogP contribution in [0.25, 0.3) is 145 Å². The van der Waals surface area contributed by atoms with Gasteiger partial charge in [-0.25, -0.2) is 24.9 Å². The number of fused-ring (bicyclic) bond motifs is 6. The summed E-state index contributed by atoms with van der Waals surface area (Å²) in [5.41, 5.74) is 16.6. The van der Waals surface area contributed by atoms with Crippen LogP contribution in [0.3, 0.4) is 0 Å². The molecule has 0 aliphatic heterocycles. The highest BCUT2D eigenvalue weighted by atomic mass is 16.3. The Balaban J connectivity index is 0.841. The van der Waals surface area contributed by atoms with Crippen LogP contribution in [0, 0.1) is 0 Å². The van der Waals surface area contributed by atoms with E-state index >= 15 is 0 Å². The van der Waals surface area contributed by atoms with Gasteiger partial charge in [-0.15, -0.1) is 0 Å². The van der Waals surface area contributed by atoms with E-state index in [1.54, 1.807) is 0 Å². The molecule has 0 fully saturated rings. The Bertz CT molecular complexity index is 4410. The summed E-state index contributed by atoms with van der Waals surface area (Å²) in [4.78, 5) is 25.8. The molecule has 0 saturated carbocycles. The number of hydrogen-bond donors (Lipinski definition) is 0. The van der Waals surface area contributed by atoms with Crippen molar-refractivity contribution in [3.05, 3.63) is 249 Å². The van der Waals surface area contributed by atoms with Gasteiger partial charge in [0.25, 0.3) is 0 Å². The molecule has 10 aromatic carbocycles. The second-order valence-electron chi connectivity index (χ2n) is 18.4. The lowest BCUT2D eigenvalue weighted by atomic mass is 9.98. The van der Waals surface area contributed by atoms with Gasteiger partial charge in [-0.2, -0.15) is 0 Å². The van der Waals surface area contributed by atoms with Gasteiger partial charge < -0.3 is 8.83 Å². The topological polar surface area (TPSA) is 90.7 Å². The molecule has 0 radical (unpaired) electrons. The zero-order valence-corrected chi connectivity index (χ0v) is 39.7. The summed E-state index contributed by atoms with van der Waals surface area (Å²) >= 11 is 0. The van der Waals surface area contributed by atoms with Crippen LogP contribution in [-0.2, 0) is 0 Å². The first-order chi connectivity index (χ1) is 36.6. The third kappa shape index (κ3) is 7.68. The summed E-state index contributed by atoms with van der Waals surface area (Å²) in [7, 11) is 0. The second-order valence-corrected chi connectivity index (χ2v) is 18.4. The Morgan fingerprint density at radius 2 is 0.608 bits per heavy atom. The Morgan fingerprint density at radius 3 is 1.26 bits per heavy atom. The van der Waals surface area contributed by atoms with Crippen molar-refractivity contribution < 1.29 is 8.83 Å². The number of benzene rings is 10. The van der Waals surface area contributed by atoms with Crippen molar-refractivity contribution in [2.75, 3.05) is 0 Å². The van der Waals surface area contributed by atoms with Gasteiger partial charge in [-0.05, 0) is 52.6 Å². The van der Waals surface area contributed by atoms with Crippen LogP contribution in [0.2, 0.25) is 0 Å². The van der Waals surface area contributed by atoms with Crippen molar-refractivity contribution in [2.45, 2.75) is 0 Å². The van der Waals surface area contributed by atoms with Crippen LogP contribution >= 0.6 is 0 Å². The number of furan rings is 2. The third-order valence-corrected chi connectivity index (χ3v) is 13.8. The van der Waals surface area contributed by atoms with Crippen LogP contribution in [0.5, 0.6) is 0 Å². The molecule has 0 unspecified atom stereocenters. The van der Waals surface area contributed by atoms with Gasteiger partial charge in [-0.1, -0.05) is 218 Å². The predicted octanol–water partition coefficient (Wildman–Crippen LogP) is 17.5. The number of para-hydroxylation sites is 4. The van der Waals surface area contributed by atoms with Crippen molar-refractivity contribution in [1.82, 2.24) is 24.9 Å². The molecule has 0 N–H and O–H groups in total. The summed E-state index contributed by atoms with van der Waals surface area (Å²) in [6.45, 7) is 0. The average Bonchev–Trinajstić information content (AvgIpc) is 4.07. The minimum absolute atomic E-state index is 0.527. The van der Waals surface area contributed by atoms with Gasteiger partial charge in [-0.3, -0.25) is 0 Å². The zero-order valence-electron chi connectivity index (χ0n) is 39.7. The lowest BCUT2D eigenvalue weighted by molar-refractivity contribution is 0.670. The molecule has 14 aromatic rings. The molecule has 0 amide bonds. The molecule has 4 heterocycles. The third-order valence-electron chi connectivity index (χ3n) is 13.8. The Hall–Kier alpha value is -10.1. The molecule has 0 saturated heterocycles. The highest BCUT2D eigenvalue weighted by molar-refractivity contribution is 6.13. The van der Waals surface area contributed by atoms with Crippen molar-refractivity contribution in [2.24, 2.45) is 0 Å². The fourth-order valence-electron chi connectivity index (χ4n) is 10.1. The Morgan fingerprint density at radius 1 is 0.216 bits per heavy atom. The van der Waals surface area contributed by atoms with E-state index in [9.17, 15) is 0 Å². The van der Waals surface area contributed by atoms with Gasteiger partial charge in [0.15, 0.2) is 23.3 Å². The first-order valence-electron chi connectivity index (χ1n) is 24.6. The van der Waals surface area contributed by atoms with E-state index in [1.807, 2.05) is 91.0 Å². The standard InChI is InChI=1S/C67H41N5O2/c1-4-17-42(18-5-1)51-28-15-31-55-56-32-16-33-57(63(56)74-62(51)55)67-71-65(46-21-8-3-9-22-46)70-66(72-67)50-26-13-24-48(40-50)47-23-12-25-49(39-47)59-41-58(68-64(69-59)45-19-6-2-7-20-45)44-37-35-43(36-38-44)52-29-14-30-54-53-27-10-11-34-60(53)73-61(52)54/h1-41H. The molecular weight excluding hydrogens is 907 g/mol. The molecule has 346 valence electrons. The van der Waals surface area contributed by atoms with Crippen molar-refractivity contribution in [1.29, 1.82) is 0 Å². The Kier molecular flexibility index (Phi) is 10.4. The SMILES string of the molecule is c1ccc(-c2nc(-c3ccc(-c4cccc5c4oc4ccccc45)cc3)cc(-c3cccc(-c4cccc(-c5nc(-c6ccccc6)nc(-c6cccc7c6oc6c(-c8ccccc8)cccc67)n5)c4)c3)n2)cc1. The maximum atomic E-state index is 6.83. The van der Waals surface area contributed by atoms with E-state index in [-0.39, 0.29) is 0 Å². The molecule has 0 aliphatic carbocycles. The molecule has 0 aliphatic rings. The Labute approximate surface area is 425 Å². The van der Waals surface area contributed by atoms with Gasteiger partial charge in [0.1, 0.15) is 22.3 Å². The van der Waals surface area contributed by atoms with Gasteiger partial charge in [0.2, 0.25) is 0 Å². The maximum Gasteiger partial charge on any atom is 0.167 e. The van der Waals surface area contributed by atoms with E-state index in [2.05, 4.69) is 158 Å². The van der Waals surface area contributed by atoms with Crippen LogP contribution in [-0.4, -0.2) is 24.9 Å². The van der Waals surface area contributed by atoms with E-state index in [4.69, 9.17) is 33.8 Å². The van der Waals surface area contributed by atoms with Crippen molar-refractivity contribution in [3.63, 3.8) is 0 Å². The lowest BCUT2D eigenvalue weighted by Gasteiger charge is -2.12. The van der Waals surface area contributed by atoms with E-state index < -0.39 is 0 Å². The molecular formula is C67H41N5O2. The summed E-state index contributed by atoms with van der Waals surface area (Å²) in [5, 5.41) is 4.25. The number of rotatable bonds is 9. The van der Waals surface area contributed by atoms with E-state index in [0.29, 0.717) is 23.3 Å². The summed E-state index contributed by atoms with van der Waals surface area (Å²) in [5.74, 6) is 2.30. The number of nitrogens with zero attached hydrogens (tertiary/aromatic N) is 5. The fraction of sp³-hybridized carbons (Fsp3) is 0. The van der Waals surface area contributed by atoms with Gasteiger partial charge in [0, 0.05) is 60.5 Å². The predicted molar refractivity (Wildman–Crippen MR) is 299 cm³/mol. The van der Waals surface area contributed by atoms with Crippen LogP contribution in [0.4, 0.5) is 0 Å². The molecule has 7 heteroatoms. The summed E-state index contributed by atoms with van der Waals surface area (Å²) in [6, 6.07) is 85.1.